The lowest BCUT2D eigenvalue weighted by Crippen LogP contribution is -1.92. The van der Waals surface area contributed by atoms with Crippen molar-refractivity contribution in [3.05, 3.63) is 170 Å². The van der Waals surface area contributed by atoms with Crippen LogP contribution in [0.1, 0.15) is 0 Å². The van der Waals surface area contributed by atoms with E-state index in [0.29, 0.717) is 0 Å². The normalized spacial score (nSPS) is 11.8. The predicted octanol–water partition coefficient (Wildman–Crippen LogP) is 12.2. The molecular formula is C45H28N2O. The zero-order valence-electron chi connectivity index (χ0n) is 26.0. The van der Waals surface area contributed by atoms with Crippen molar-refractivity contribution >= 4 is 54.5 Å². The van der Waals surface area contributed by atoms with Crippen LogP contribution < -0.4 is 0 Å². The first-order chi connectivity index (χ1) is 23.8. The van der Waals surface area contributed by atoms with Crippen LogP contribution in [0.25, 0.3) is 93.8 Å². The highest BCUT2D eigenvalue weighted by molar-refractivity contribution is 6.24. The van der Waals surface area contributed by atoms with E-state index in [-0.39, 0.29) is 0 Å². The van der Waals surface area contributed by atoms with Gasteiger partial charge in [0, 0.05) is 38.5 Å². The van der Waals surface area contributed by atoms with E-state index in [1.165, 1.54) is 16.2 Å². The highest BCUT2D eigenvalue weighted by atomic mass is 16.3. The Morgan fingerprint density at radius 1 is 0.417 bits per heavy atom. The molecule has 3 heteroatoms. The van der Waals surface area contributed by atoms with Crippen molar-refractivity contribution in [2.24, 2.45) is 0 Å². The predicted molar refractivity (Wildman–Crippen MR) is 200 cm³/mol. The van der Waals surface area contributed by atoms with Gasteiger partial charge >= 0.3 is 0 Å². The quantitative estimate of drug-likeness (QED) is 0.198. The molecule has 224 valence electrons. The fourth-order valence-electron chi connectivity index (χ4n) is 7.42. The number of nitrogens with zero attached hydrogens (tertiary/aromatic N) is 2. The fraction of sp³-hybridized carbons (Fsp3) is 0. The number of fused-ring (bicyclic) bond motifs is 8. The van der Waals surface area contributed by atoms with Gasteiger partial charge in [-0.2, -0.15) is 0 Å². The van der Waals surface area contributed by atoms with Crippen molar-refractivity contribution in [2.75, 3.05) is 0 Å². The second kappa shape index (κ2) is 10.5. The molecule has 48 heavy (non-hydrogen) atoms. The van der Waals surface area contributed by atoms with Gasteiger partial charge in [-0.05, 0) is 58.8 Å². The maximum absolute atomic E-state index is 7.04. The number of para-hydroxylation sites is 3. The van der Waals surface area contributed by atoms with Gasteiger partial charge in [0.25, 0.3) is 0 Å². The van der Waals surface area contributed by atoms with Crippen molar-refractivity contribution in [2.45, 2.75) is 0 Å². The highest BCUT2D eigenvalue weighted by Crippen LogP contribution is 2.43. The molecule has 0 saturated heterocycles. The summed E-state index contributed by atoms with van der Waals surface area (Å²) in [6.45, 7) is 0. The lowest BCUT2D eigenvalue weighted by molar-refractivity contribution is 0.674. The Morgan fingerprint density at radius 2 is 1.06 bits per heavy atom. The maximum Gasteiger partial charge on any atom is 0.145 e. The van der Waals surface area contributed by atoms with Crippen molar-refractivity contribution < 1.29 is 4.42 Å². The Hall–Kier alpha value is -6.45. The van der Waals surface area contributed by atoms with Crippen LogP contribution in [0.2, 0.25) is 0 Å². The molecule has 0 aliphatic heterocycles. The maximum atomic E-state index is 7.04. The van der Waals surface area contributed by atoms with Crippen molar-refractivity contribution in [1.82, 2.24) is 9.55 Å². The number of aromatic nitrogens is 2. The summed E-state index contributed by atoms with van der Waals surface area (Å²) in [5, 5.41) is 6.90. The molecule has 3 aromatic heterocycles. The van der Waals surface area contributed by atoms with Crippen molar-refractivity contribution in [3.63, 3.8) is 0 Å². The topological polar surface area (TPSA) is 31.0 Å². The lowest BCUT2D eigenvalue weighted by Gasteiger charge is -2.12. The molecule has 0 aliphatic carbocycles. The van der Waals surface area contributed by atoms with Gasteiger partial charge in [-0.3, -0.25) is 0 Å². The van der Waals surface area contributed by atoms with Gasteiger partial charge in [0.2, 0.25) is 0 Å². The van der Waals surface area contributed by atoms with E-state index in [0.717, 1.165) is 77.7 Å². The minimum absolute atomic E-state index is 0.880. The van der Waals surface area contributed by atoms with Gasteiger partial charge in [0.05, 0.1) is 27.8 Å². The van der Waals surface area contributed by atoms with E-state index in [1.54, 1.807) is 0 Å². The smallest absolute Gasteiger partial charge is 0.145 e. The minimum Gasteiger partial charge on any atom is -0.455 e. The average Bonchev–Trinajstić information content (AvgIpc) is 3.71. The molecule has 3 nitrogen and oxygen atoms in total. The number of hydrogen-bond donors (Lipinski definition) is 0. The summed E-state index contributed by atoms with van der Waals surface area (Å²) >= 11 is 0. The van der Waals surface area contributed by atoms with Crippen LogP contribution in [0.4, 0.5) is 0 Å². The summed E-state index contributed by atoms with van der Waals surface area (Å²) < 4.78 is 9.37. The summed E-state index contributed by atoms with van der Waals surface area (Å²) in [4.78, 5) is 5.25. The zero-order chi connectivity index (χ0) is 31.6. The summed E-state index contributed by atoms with van der Waals surface area (Å²) in [6.07, 6.45) is 0. The molecule has 0 unspecified atom stereocenters. The SMILES string of the molecule is c1ccc(-c2cc(-c3cccc4c3oc3c4ccc4c3c3ccccc3n4-c3ccccc3)cc(-c3cccc4ccccc34)n2)cc1. The third-order valence-corrected chi connectivity index (χ3v) is 9.59. The van der Waals surface area contributed by atoms with Gasteiger partial charge < -0.3 is 8.98 Å². The van der Waals surface area contributed by atoms with Gasteiger partial charge in [0.1, 0.15) is 11.2 Å². The van der Waals surface area contributed by atoms with Crippen LogP contribution in [-0.4, -0.2) is 9.55 Å². The third-order valence-electron chi connectivity index (χ3n) is 9.59. The standard InChI is InChI=1S/C45H28N2O/c1-3-14-30(15-4-1)39-27-31(28-40(46-39)35-22-11-16-29-13-7-8-19-33(29)35)34-21-12-23-36-37-25-26-42-43(45(37)48-44(34)36)38-20-9-10-24-41(38)47(42)32-17-5-2-6-18-32/h1-28H. The second-order valence-corrected chi connectivity index (χ2v) is 12.3. The van der Waals surface area contributed by atoms with Crippen LogP contribution >= 0.6 is 0 Å². The molecule has 7 aromatic carbocycles. The number of hydrogen-bond acceptors (Lipinski definition) is 2. The molecule has 0 aliphatic rings. The first kappa shape index (κ1) is 26.7. The number of rotatable bonds is 4. The van der Waals surface area contributed by atoms with E-state index in [1.807, 2.05) is 6.07 Å². The lowest BCUT2D eigenvalue weighted by atomic mass is 9.96. The highest BCUT2D eigenvalue weighted by Gasteiger charge is 2.21. The molecule has 3 heterocycles. The summed E-state index contributed by atoms with van der Waals surface area (Å²) in [6, 6.07) is 59.9. The number of furan rings is 1. The Labute approximate surface area is 277 Å². The Morgan fingerprint density at radius 3 is 1.94 bits per heavy atom. The molecule has 0 fully saturated rings. The van der Waals surface area contributed by atoms with Crippen LogP contribution in [-0.2, 0) is 0 Å². The summed E-state index contributed by atoms with van der Waals surface area (Å²) in [7, 11) is 0. The van der Waals surface area contributed by atoms with E-state index in [2.05, 4.69) is 168 Å². The Bertz CT molecular complexity index is 2820. The molecule has 0 atom stereocenters. The summed E-state index contributed by atoms with van der Waals surface area (Å²) in [5.41, 5.74) is 11.4. The van der Waals surface area contributed by atoms with Crippen LogP contribution in [0.15, 0.2) is 174 Å². The molecule has 0 amide bonds. The monoisotopic (exact) mass is 612 g/mol. The molecular weight excluding hydrogens is 585 g/mol. The zero-order valence-corrected chi connectivity index (χ0v) is 26.0. The molecule has 0 saturated carbocycles. The van der Waals surface area contributed by atoms with E-state index >= 15 is 0 Å². The fourth-order valence-corrected chi connectivity index (χ4v) is 7.42. The van der Waals surface area contributed by atoms with Gasteiger partial charge in [0.15, 0.2) is 0 Å². The van der Waals surface area contributed by atoms with Gasteiger partial charge in [-0.25, -0.2) is 4.98 Å². The van der Waals surface area contributed by atoms with E-state index < -0.39 is 0 Å². The van der Waals surface area contributed by atoms with Crippen LogP contribution in [0.5, 0.6) is 0 Å². The van der Waals surface area contributed by atoms with E-state index in [9.17, 15) is 0 Å². The van der Waals surface area contributed by atoms with E-state index in [4.69, 9.17) is 9.40 Å². The molecule has 10 aromatic rings. The first-order valence-electron chi connectivity index (χ1n) is 16.3. The Balaban J connectivity index is 1.26. The molecule has 10 rings (SSSR count). The first-order valence-corrected chi connectivity index (χ1v) is 16.3. The average molecular weight is 613 g/mol. The molecule has 0 spiro atoms. The number of benzene rings is 7. The van der Waals surface area contributed by atoms with Gasteiger partial charge in [-0.15, -0.1) is 0 Å². The number of pyridine rings is 1. The van der Waals surface area contributed by atoms with Crippen molar-refractivity contribution in [3.8, 4) is 39.3 Å². The van der Waals surface area contributed by atoms with Crippen molar-refractivity contribution in [1.29, 1.82) is 0 Å². The molecule has 0 radical (unpaired) electrons. The molecule has 0 N–H and O–H groups in total. The third kappa shape index (κ3) is 4.04. The van der Waals surface area contributed by atoms with Gasteiger partial charge in [-0.1, -0.05) is 127 Å². The Kier molecular flexibility index (Phi) is 5.87. The largest absolute Gasteiger partial charge is 0.455 e. The second-order valence-electron chi connectivity index (χ2n) is 12.3. The summed E-state index contributed by atoms with van der Waals surface area (Å²) in [5.74, 6) is 0. The van der Waals surface area contributed by atoms with Crippen LogP contribution in [0, 0.1) is 0 Å². The molecule has 0 bridgehead atoms. The van der Waals surface area contributed by atoms with Crippen LogP contribution in [0.3, 0.4) is 0 Å². The minimum atomic E-state index is 0.880.